The van der Waals surface area contributed by atoms with Crippen molar-refractivity contribution in [2.75, 3.05) is 13.2 Å². The van der Waals surface area contributed by atoms with E-state index in [-0.39, 0.29) is 6.61 Å². The van der Waals surface area contributed by atoms with E-state index in [0.717, 1.165) is 6.42 Å². The van der Waals surface area contributed by atoms with Gasteiger partial charge in [-0.3, -0.25) is 5.32 Å². The highest BCUT2D eigenvalue weighted by atomic mass is 16.6. The molecule has 1 saturated heterocycles. The highest BCUT2D eigenvalue weighted by Gasteiger charge is 2.45. The number of hydrogen-bond donors (Lipinski definition) is 5. The molecule has 0 radical (unpaired) electrons. The molecule has 5 N–H and O–H groups in total. The van der Waals surface area contributed by atoms with Crippen molar-refractivity contribution in [3.63, 3.8) is 0 Å². The molecule has 1 unspecified atom stereocenters. The number of rotatable bonds is 5. The number of nitrogens with one attached hydrogen (secondary N) is 1. The molecule has 0 spiro atoms. The van der Waals surface area contributed by atoms with Crippen LogP contribution in [-0.2, 0) is 4.74 Å². The van der Waals surface area contributed by atoms with E-state index in [9.17, 15) is 15.3 Å². The Kier molecular flexibility index (Phi) is 4.91. The van der Waals surface area contributed by atoms with Crippen LogP contribution in [-0.4, -0.2) is 64.2 Å². The Morgan fingerprint density at radius 1 is 1.33 bits per heavy atom. The number of aliphatic hydroxyl groups excluding tert-OH is 4. The summed E-state index contributed by atoms with van der Waals surface area (Å²) >= 11 is 0. The van der Waals surface area contributed by atoms with E-state index >= 15 is 0 Å². The molecule has 0 amide bonds. The summed E-state index contributed by atoms with van der Waals surface area (Å²) in [5, 5.41) is 40.1. The predicted molar refractivity (Wildman–Crippen MR) is 52.1 cm³/mol. The molecule has 0 aliphatic carbocycles. The number of hydrogen-bond acceptors (Lipinski definition) is 6. The molecule has 0 bridgehead atoms. The van der Waals surface area contributed by atoms with Gasteiger partial charge >= 0.3 is 0 Å². The van der Waals surface area contributed by atoms with Crippen LogP contribution in [0.1, 0.15) is 13.3 Å². The van der Waals surface area contributed by atoms with E-state index in [1.54, 1.807) is 0 Å². The second-order valence-electron chi connectivity index (χ2n) is 3.70. The van der Waals surface area contributed by atoms with Crippen LogP contribution in [0.3, 0.4) is 0 Å². The van der Waals surface area contributed by atoms with E-state index in [1.807, 2.05) is 6.92 Å². The molecule has 1 rings (SSSR count). The van der Waals surface area contributed by atoms with Crippen molar-refractivity contribution in [2.45, 2.75) is 44.0 Å². The Morgan fingerprint density at radius 3 is 2.47 bits per heavy atom. The quantitative estimate of drug-likeness (QED) is 0.337. The average Bonchev–Trinajstić information content (AvgIpc) is 2.52. The Morgan fingerprint density at radius 2 is 2.00 bits per heavy atom. The molecule has 90 valence electrons. The van der Waals surface area contributed by atoms with Crippen molar-refractivity contribution in [1.29, 1.82) is 0 Å². The van der Waals surface area contributed by atoms with Crippen LogP contribution in [0.2, 0.25) is 0 Å². The smallest absolute Gasteiger partial charge is 0.134 e. The largest absolute Gasteiger partial charge is 0.394 e. The maximum atomic E-state index is 9.59. The lowest BCUT2D eigenvalue weighted by molar-refractivity contribution is -0.0848. The van der Waals surface area contributed by atoms with Crippen molar-refractivity contribution in [2.24, 2.45) is 0 Å². The molecular weight excluding hydrogens is 202 g/mol. The molecule has 1 fully saturated rings. The summed E-state index contributed by atoms with van der Waals surface area (Å²) in [4.78, 5) is 0. The molecule has 1 aliphatic rings. The van der Waals surface area contributed by atoms with Gasteiger partial charge in [-0.2, -0.15) is 0 Å². The zero-order valence-corrected chi connectivity index (χ0v) is 8.71. The maximum Gasteiger partial charge on any atom is 0.134 e. The van der Waals surface area contributed by atoms with E-state index in [2.05, 4.69) is 5.32 Å². The third-order valence-electron chi connectivity index (χ3n) is 2.49. The first-order chi connectivity index (χ1) is 7.11. The second-order valence-corrected chi connectivity index (χ2v) is 3.70. The maximum absolute atomic E-state index is 9.59. The molecule has 15 heavy (non-hydrogen) atoms. The zero-order valence-electron chi connectivity index (χ0n) is 8.71. The van der Waals surface area contributed by atoms with E-state index < -0.39 is 30.6 Å². The first kappa shape index (κ1) is 12.8. The van der Waals surface area contributed by atoms with Gasteiger partial charge in [-0.1, -0.05) is 6.92 Å². The SMILES string of the molecule is CCCNC(O)[C@H]1O[C@H](CO)[C@@H](O)[C@@H]1O. The van der Waals surface area contributed by atoms with Gasteiger partial charge in [-0.15, -0.1) is 0 Å². The fourth-order valence-electron chi connectivity index (χ4n) is 1.60. The van der Waals surface area contributed by atoms with Crippen molar-refractivity contribution >= 4 is 0 Å². The molecule has 0 aromatic rings. The Balaban J connectivity index is 2.48. The number of aliphatic hydroxyl groups is 4. The van der Waals surface area contributed by atoms with E-state index in [0.29, 0.717) is 6.54 Å². The summed E-state index contributed by atoms with van der Waals surface area (Å²) < 4.78 is 5.13. The minimum absolute atomic E-state index is 0.380. The van der Waals surface area contributed by atoms with Gasteiger partial charge in [-0.05, 0) is 13.0 Å². The van der Waals surface area contributed by atoms with Crippen LogP contribution in [0.4, 0.5) is 0 Å². The summed E-state index contributed by atoms with van der Waals surface area (Å²) in [6.07, 6.45) is -4.26. The van der Waals surface area contributed by atoms with Gasteiger partial charge < -0.3 is 25.2 Å². The van der Waals surface area contributed by atoms with Gasteiger partial charge in [-0.25, -0.2) is 0 Å². The van der Waals surface area contributed by atoms with Gasteiger partial charge in [0.25, 0.3) is 0 Å². The summed E-state index contributed by atoms with van der Waals surface area (Å²) in [6, 6.07) is 0. The molecule has 0 saturated carbocycles. The van der Waals surface area contributed by atoms with Crippen molar-refractivity contribution in [3.05, 3.63) is 0 Å². The van der Waals surface area contributed by atoms with Crippen LogP contribution in [0, 0.1) is 0 Å². The van der Waals surface area contributed by atoms with Crippen molar-refractivity contribution < 1.29 is 25.2 Å². The standard InChI is InChI=1S/C9H19NO5/c1-2-3-10-9(14)8-7(13)6(12)5(4-11)15-8/h5-14H,2-4H2,1H3/t5-,6-,7+,8+,9?/m1/s1. The topological polar surface area (TPSA) is 102 Å². The zero-order chi connectivity index (χ0) is 11.4. The van der Waals surface area contributed by atoms with E-state index in [1.165, 1.54) is 0 Å². The fourth-order valence-corrected chi connectivity index (χ4v) is 1.60. The molecule has 0 aromatic heterocycles. The van der Waals surface area contributed by atoms with Gasteiger partial charge in [0.1, 0.15) is 30.6 Å². The lowest BCUT2D eigenvalue weighted by Crippen LogP contribution is -2.46. The fraction of sp³-hybridized carbons (Fsp3) is 1.00. The predicted octanol–water partition coefficient (Wildman–Crippen LogP) is -2.21. The Hall–Kier alpha value is -0.240. The van der Waals surface area contributed by atoms with Gasteiger partial charge in [0.15, 0.2) is 0 Å². The third kappa shape index (κ3) is 2.87. The molecule has 1 heterocycles. The third-order valence-corrected chi connectivity index (χ3v) is 2.49. The molecule has 6 heteroatoms. The summed E-state index contributed by atoms with van der Waals surface area (Å²) in [7, 11) is 0. The molecule has 1 aliphatic heterocycles. The molecular formula is C9H19NO5. The van der Waals surface area contributed by atoms with Gasteiger partial charge in [0, 0.05) is 0 Å². The summed E-state index contributed by atoms with van der Waals surface area (Å²) in [5.41, 5.74) is 0. The van der Waals surface area contributed by atoms with Gasteiger partial charge in [0.2, 0.25) is 0 Å². The Labute approximate surface area is 88.5 Å². The average molecular weight is 221 g/mol. The highest BCUT2D eigenvalue weighted by Crippen LogP contribution is 2.22. The van der Waals surface area contributed by atoms with Gasteiger partial charge in [0.05, 0.1) is 6.61 Å². The van der Waals surface area contributed by atoms with E-state index in [4.69, 9.17) is 9.84 Å². The Bertz CT molecular complexity index is 191. The molecule has 5 atom stereocenters. The minimum Gasteiger partial charge on any atom is -0.394 e. The van der Waals surface area contributed by atoms with Crippen LogP contribution < -0.4 is 5.32 Å². The highest BCUT2D eigenvalue weighted by molar-refractivity contribution is 4.92. The summed E-state index contributed by atoms with van der Waals surface area (Å²) in [6.45, 7) is 2.15. The minimum atomic E-state index is -1.18. The number of ether oxygens (including phenoxy) is 1. The van der Waals surface area contributed by atoms with Crippen molar-refractivity contribution in [3.8, 4) is 0 Å². The van der Waals surface area contributed by atoms with Crippen LogP contribution in [0.5, 0.6) is 0 Å². The van der Waals surface area contributed by atoms with Crippen LogP contribution >= 0.6 is 0 Å². The lowest BCUT2D eigenvalue weighted by Gasteiger charge is -2.21. The monoisotopic (exact) mass is 221 g/mol. The summed E-state index contributed by atoms with van der Waals surface area (Å²) in [5.74, 6) is 0. The molecule has 6 nitrogen and oxygen atoms in total. The molecule has 0 aromatic carbocycles. The van der Waals surface area contributed by atoms with Crippen molar-refractivity contribution in [1.82, 2.24) is 5.32 Å². The first-order valence-electron chi connectivity index (χ1n) is 5.15. The van der Waals surface area contributed by atoms with Crippen LogP contribution in [0.15, 0.2) is 0 Å². The first-order valence-corrected chi connectivity index (χ1v) is 5.15. The normalized spacial score (nSPS) is 38.2. The lowest BCUT2D eigenvalue weighted by atomic mass is 10.1. The second kappa shape index (κ2) is 5.74. The van der Waals surface area contributed by atoms with Crippen LogP contribution in [0.25, 0.3) is 0 Å².